The molecule has 1 aliphatic rings. The minimum Gasteiger partial charge on any atom is -0.319 e. The summed E-state index contributed by atoms with van der Waals surface area (Å²) in [5, 5.41) is 17.1. The maximum Gasteiger partial charge on any atom is 0.234 e. The Hall–Kier alpha value is -1.01. The van der Waals surface area contributed by atoms with Crippen LogP contribution >= 0.6 is 11.3 Å². The lowest BCUT2D eigenvalue weighted by Gasteiger charge is -1.93. The van der Waals surface area contributed by atoms with Crippen LogP contribution in [0.4, 0.5) is 0 Å². The van der Waals surface area contributed by atoms with Gasteiger partial charge in [-0.25, -0.2) is 0 Å². The van der Waals surface area contributed by atoms with Crippen molar-refractivity contribution in [3.05, 3.63) is 10.8 Å². The van der Waals surface area contributed by atoms with Gasteiger partial charge >= 0.3 is 0 Å². The molecular weight excluding hydrogens is 210 g/mol. The molecule has 15 heavy (non-hydrogen) atoms. The first-order valence-corrected chi connectivity index (χ1v) is 6.06. The monoisotopic (exact) mass is 223 g/mol. The highest BCUT2D eigenvalue weighted by atomic mass is 32.1. The van der Waals surface area contributed by atoms with Gasteiger partial charge in [-0.3, -0.25) is 0 Å². The Bertz CT molecular complexity index is 470. The third kappa shape index (κ3) is 1.63. The van der Waals surface area contributed by atoms with Crippen LogP contribution in [0, 0.1) is 0 Å². The molecule has 0 radical (unpaired) electrons. The highest BCUT2D eigenvalue weighted by molar-refractivity contribution is 7.16. The van der Waals surface area contributed by atoms with Crippen molar-refractivity contribution < 1.29 is 0 Å². The molecule has 0 aliphatic heterocycles. The van der Waals surface area contributed by atoms with Crippen LogP contribution in [0.3, 0.4) is 0 Å². The van der Waals surface area contributed by atoms with Gasteiger partial charge < -0.3 is 5.32 Å². The molecule has 1 fully saturated rings. The number of aromatic nitrogens is 4. The molecule has 0 amide bonds. The molecule has 3 rings (SSSR count). The fourth-order valence-corrected chi connectivity index (χ4v) is 2.44. The second-order valence-corrected chi connectivity index (χ2v) is 4.92. The standard InChI is InChI=1S/C9H13N5S/c1-10-5-4-7-13-14-8(6-2-3-6)11-12-9(14)15-7/h6,10H,2-5H2,1H3. The minimum absolute atomic E-state index is 0.610. The van der Waals surface area contributed by atoms with Crippen LogP contribution in [-0.2, 0) is 6.42 Å². The summed E-state index contributed by atoms with van der Waals surface area (Å²) in [5.41, 5.74) is 0. The van der Waals surface area contributed by atoms with Crippen molar-refractivity contribution in [3.8, 4) is 0 Å². The Labute approximate surface area is 91.5 Å². The molecule has 2 aromatic heterocycles. The van der Waals surface area contributed by atoms with Crippen molar-refractivity contribution in [3.63, 3.8) is 0 Å². The first-order valence-electron chi connectivity index (χ1n) is 5.24. The van der Waals surface area contributed by atoms with E-state index in [0.29, 0.717) is 5.92 Å². The Kier molecular flexibility index (Phi) is 2.17. The lowest BCUT2D eigenvalue weighted by Crippen LogP contribution is -2.10. The molecule has 6 heteroatoms. The van der Waals surface area contributed by atoms with E-state index in [1.165, 1.54) is 12.8 Å². The summed E-state index contributed by atoms with van der Waals surface area (Å²) in [4.78, 5) is 0.933. The first kappa shape index (κ1) is 9.23. The number of nitrogens with one attached hydrogen (secondary N) is 1. The number of fused-ring (bicyclic) bond motifs is 1. The fourth-order valence-electron chi connectivity index (χ4n) is 1.60. The van der Waals surface area contributed by atoms with E-state index in [2.05, 4.69) is 20.6 Å². The third-order valence-corrected chi connectivity index (χ3v) is 3.55. The molecule has 2 heterocycles. The second-order valence-electron chi connectivity index (χ2n) is 3.88. The van der Waals surface area contributed by atoms with Gasteiger partial charge in [-0.05, 0) is 19.9 Å². The Morgan fingerprint density at radius 2 is 2.33 bits per heavy atom. The van der Waals surface area contributed by atoms with Crippen molar-refractivity contribution in [2.75, 3.05) is 13.6 Å². The molecule has 0 saturated heterocycles. The minimum atomic E-state index is 0.610. The zero-order chi connectivity index (χ0) is 10.3. The van der Waals surface area contributed by atoms with E-state index in [4.69, 9.17) is 0 Å². The number of nitrogens with zero attached hydrogens (tertiary/aromatic N) is 4. The quantitative estimate of drug-likeness (QED) is 0.834. The molecule has 0 atom stereocenters. The Balaban J connectivity index is 1.92. The van der Waals surface area contributed by atoms with Crippen molar-refractivity contribution in [2.45, 2.75) is 25.2 Å². The van der Waals surface area contributed by atoms with E-state index in [9.17, 15) is 0 Å². The summed E-state index contributed by atoms with van der Waals surface area (Å²) in [6, 6.07) is 0. The molecule has 0 aromatic carbocycles. The normalized spacial score (nSPS) is 16.3. The summed E-state index contributed by atoms with van der Waals surface area (Å²) in [6.07, 6.45) is 3.45. The largest absolute Gasteiger partial charge is 0.319 e. The smallest absolute Gasteiger partial charge is 0.234 e. The van der Waals surface area contributed by atoms with Crippen molar-refractivity contribution in [1.82, 2.24) is 25.1 Å². The van der Waals surface area contributed by atoms with E-state index < -0.39 is 0 Å². The van der Waals surface area contributed by atoms with Crippen LogP contribution in [0.5, 0.6) is 0 Å². The van der Waals surface area contributed by atoms with Gasteiger partial charge in [0.05, 0.1) is 0 Å². The zero-order valence-electron chi connectivity index (χ0n) is 8.60. The van der Waals surface area contributed by atoms with Crippen molar-refractivity contribution >= 4 is 16.3 Å². The van der Waals surface area contributed by atoms with E-state index in [0.717, 1.165) is 28.8 Å². The number of rotatable bonds is 4. The van der Waals surface area contributed by atoms with Crippen molar-refractivity contribution in [1.29, 1.82) is 0 Å². The molecular formula is C9H13N5S. The average Bonchev–Trinajstić information content (AvgIpc) is 2.88. The predicted octanol–water partition coefficient (Wildman–Crippen LogP) is 0.825. The molecule has 0 spiro atoms. The summed E-state index contributed by atoms with van der Waals surface area (Å²) in [7, 11) is 1.95. The van der Waals surface area contributed by atoms with Gasteiger partial charge in [0.1, 0.15) is 5.01 Å². The Morgan fingerprint density at radius 3 is 3.07 bits per heavy atom. The number of likely N-dealkylation sites (N-methyl/N-ethyl adjacent to an activating group) is 1. The predicted molar refractivity (Wildman–Crippen MR) is 58.3 cm³/mol. The summed E-state index contributed by atoms with van der Waals surface area (Å²) >= 11 is 1.64. The van der Waals surface area contributed by atoms with Crippen molar-refractivity contribution in [2.24, 2.45) is 0 Å². The fraction of sp³-hybridized carbons (Fsp3) is 0.667. The molecule has 5 nitrogen and oxygen atoms in total. The molecule has 0 bridgehead atoms. The van der Waals surface area contributed by atoms with Gasteiger partial charge in [0, 0.05) is 18.9 Å². The van der Waals surface area contributed by atoms with Gasteiger partial charge in [-0.1, -0.05) is 11.3 Å². The van der Waals surface area contributed by atoms with E-state index in [1.54, 1.807) is 11.3 Å². The number of hydrogen-bond donors (Lipinski definition) is 1. The van der Waals surface area contributed by atoms with Crippen LogP contribution in [0.15, 0.2) is 0 Å². The van der Waals surface area contributed by atoms with Gasteiger partial charge in [0.2, 0.25) is 4.96 Å². The maximum atomic E-state index is 4.54. The Morgan fingerprint density at radius 1 is 1.47 bits per heavy atom. The molecule has 0 unspecified atom stereocenters. The molecule has 1 saturated carbocycles. The highest BCUT2D eigenvalue weighted by Crippen LogP contribution is 2.39. The first-order chi connectivity index (χ1) is 7.38. The zero-order valence-corrected chi connectivity index (χ0v) is 9.42. The van der Waals surface area contributed by atoms with E-state index in [1.807, 2.05) is 11.6 Å². The molecule has 2 aromatic rings. The van der Waals surface area contributed by atoms with Crippen LogP contribution < -0.4 is 5.32 Å². The molecule has 1 N–H and O–H groups in total. The summed E-state index contributed by atoms with van der Waals surface area (Å²) < 4.78 is 1.92. The lowest BCUT2D eigenvalue weighted by atomic mass is 10.4. The van der Waals surface area contributed by atoms with Gasteiger partial charge in [-0.2, -0.15) is 9.61 Å². The SMILES string of the molecule is CNCCc1nn2c(C3CC3)nnc2s1. The summed E-state index contributed by atoms with van der Waals surface area (Å²) in [5.74, 6) is 1.66. The van der Waals surface area contributed by atoms with Crippen LogP contribution in [-0.4, -0.2) is 33.4 Å². The van der Waals surface area contributed by atoms with Crippen LogP contribution in [0.2, 0.25) is 0 Å². The second kappa shape index (κ2) is 3.53. The lowest BCUT2D eigenvalue weighted by molar-refractivity contribution is 0.754. The third-order valence-electron chi connectivity index (χ3n) is 2.59. The topological polar surface area (TPSA) is 55.1 Å². The van der Waals surface area contributed by atoms with E-state index >= 15 is 0 Å². The maximum absolute atomic E-state index is 4.54. The average molecular weight is 223 g/mol. The number of hydrogen-bond acceptors (Lipinski definition) is 5. The van der Waals surface area contributed by atoms with Gasteiger partial charge in [0.15, 0.2) is 5.82 Å². The van der Waals surface area contributed by atoms with Crippen LogP contribution in [0.25, 0.3) is 4.96 Å². The highest BCUT2D eigenvalue weighted by Gasteiger charge is 2.29. The molecule has 1 aliphatic carbocycles. The summed E-state index contributed by atoms with van der Waals surface area (Å²) in [6.45, 7) is 0.961. The van der Waals surface area contributed by atoms with E-state index in [-0.39, 0.29) is 0 Å². The molecule has 80 valence electrons. The van der Waals surface area contributed by atoms with Gasteiger partial charge in [-0.15, -0.1) is 10.2 Å². The van der Waals surface area contributed by atoms with Crippen LogP contribution in [0.1, 0.15) is 29.6 Å². The van der Waals surface area contributed by atoms with Gasteiger partial charge in [0.25, 0.3) is 0 Å².